The Kier molecular flexibility index (Phi) is 3.37. The average molecular weight is 332 g/mol. The van der Waals surface area contributed by atoms with Crippen LogP contribution in [-0.4, -0.2) is 34.5 Å². The number of carbonyl (C=O) groups is 1. The van der Waals surface area contributed by atoms with Crippen LogP contribution in [0.4, 0.5) is 0 Å². The van der Waals surface area contributed by atoms with E-state index in [1.54, 1.807) is 6.92 Å². The van der Waals surface area contributed by atoms with Gasteiger partial charge in [-0.2, -0.15) is 0 Å². The number of ether oxygens (including phenoxy) is 1. The van der Waals surface area contributed by atoms with E-state index in [0.717, 1.165) is 24.8 Å². The van der Waals surface area contributed by atoms with Crippen LogP contribution in [0.5, 0.6) is 0 Å². The van der Waals surface area contributed by atoms with Crippen LogP contribution >= 0.6 is 0 Å². The Hall–Kier alpha value is -1.13. The molecule has 2 N–H and O–H groups in total. The normalized spacial score (nSPS) is 46.7. The highest BCUT2D eigenvalue weighted by molar-refractivity contribution is 5.91. The Balaban J connectivity index is 1.87. The van der Waals surface area contributed by atoms with Crippen LogP contribution < -0.4 is 0 Å². The van der Waals surface area contributed by atoms with Crippen molar-refractivity contribution < 1.29 is 19.7 Å². The van der Waals surface area contributed by atoms with Crippen molar-refractivity contribution in [1.29, 1.82) is 0 Å². The zero-order valence-corrected chi connectivity index (χ0v) is 15.0. The van der Waals surface area contributed by atoms with Gasteiger partial charge in [-0.25, -0.2) is 4.79 Å². The monoisotopic (exact) mass is 332 g/mol. The number of aliphatic hydroxyl groups is 2. The van der Waals surface area contributed by atoms with Crippen molar-refractivity contribution in [2.24, 2.45) is 22.7 Å². The summed E-state index contributed by atoms with van der Waals surface area (Å²) in [7, 11) is 0. The van der Waals surface area contributed by atoms with Crippen LogP contribution in [0.25, 0.3) is 0 Å². The highest BCUT2D eigenvalue weighted by atomic mass is 16.6. The highest BCUT2D eigenvalue weighted by Crippen LogP contribution is 2.63. The zero-order valence-electron chi connectivity index (χ0n) is 15.0. The lowest BCUT2D eigenvalue weighted by Crippen LogP contribution is -2.61. The molecule has 24 heavy (non-hydrogen) atoms. The number of carbonyl (C=O) groups excluding carboxylic acids is 1. The van der Waals surface area contributed by atoms with Gasteiger partial charge in [0, 0.05) is 17.1 Å². The van der Waals surface area contributed by atoms with Gasteiger partial charge in [-0.05, 0) is 48.5 Å². The summed E-state index contributed by atoms with van der Waals surface area (Å²) >= 11 is 0. The lowest BCUT2D eigenvalue weighted by molar-refractivity contribution is -0.173. The molecule has 1 heterocycles. The number of allylic oxidation sites excluding steroid dienone is 1. The first-order chi connectivity index (χ1) is 11.2. The van der Waals surface area contributed by atoms with Crippen molar-refractivity contribution in [1.82, 2.24) is 0 Å². The SMILES string of the molecule is CC1=C2[C@@H](O)C3=CC[C@@H]4C(C)(C)CCCC4(C)C3[C@@H](OC1=O)[C@H]2O. The molecule has 4 heteroatoms. The Morgan fingerprint density at radius 1 is 1.21 bits per heavy atom. The molecule has 2 fully saturated rings. The molecule has 4 aliphatic rings. The summed E-state index contributed by atoms with van der Waals surface area (Å²) in [6.45, 7) is 8.57. The topological polar surface area (TPSA) is 66.8 Å². The third kappa shape index (κ3) is 1.90. The van der Waals surface area contributed by atoms with Gasteiger partial charge in [0.25, 0.3) is 0 Å². The predicted molar refractivity (Wildman–Crippen MR) is 90.0 cm³/mol. The van der Waals surface area contributed by atoms with Gasteiger partial charge in [0.2, 0.25) is 0 Å². The minimum atomic E-state index is -0.888. The fourth-order valence-electron chi connectivity index (χ4n) is 6.32. The molecule has 132 valence electrons. The third-order valence-corrected chi connectivity index (χ3v) is 7.49. The van der Waals surface area contributed by atoms with Gasteiger partial charge in [0.05, 0.1) is 6.10 Å². The second kappa shape index (κ2) is 4.95. The minimum Gasteiger partial charge on any atom is -0.455 e. The van der Waals surface area contributed by atoms with Crippen molar-refractivity contribution in [2.45, 2.75) is 71.7 Å². The van der Waals surface area contributed by atoms with E-state index in [1.807, 2.05) is 0 Å². The molecule has 4 nitrogen and oxygen atoms in total. The maximum absolute atomic E-state index is 12.2. The van der Waals surface area contributed by atoms with Gasteiger partial charge in [-0.1, -0.05) is 33.3 Å². The Bertz CT molecular complexity index is 659. The number of fused-ring (bicyclic) bond motifs is 6. The molecule has 1 aliphatic heterocycles. The van der Waals surface area contributed by atoms with Gasteiger partial charge in [-0.3, -0.25) is 0 Å². The lowest BCUT2D eigenvalue weighted by Gasteiger charge is -2.61. The number of hydrogen-bond donors (Lipinski definition) is 2. The van der Waals surface area contributed by atoms with Gasteiger partial charge in [0.1, 0.15) is 12.2 Å². The molecule has 2 unspecified atom stereocenters. The van der Waals surface area contributed by atoms with E-state index >= 15 is 0 Å². The van der Waals surface area contributed by atoms with Gasteiger partial charge >= 0.3 is 5.97 Å². The molecule has 6 atom stereocenters. The molecule has 0 amide bonds. The second-order valence-corrected chi connectivity index (χ2v) is 9.12. The van der Waals surface area contributed by atoms with E-state index in [1.165, 1.54) is 6.42 Å². The summed E-state index contributed by atoms with van der Waals surface area (Å²) in [5, 5.41) is 21.7. The first-order valence-electron chi connectivity index (χ1n) is 9.16. The van der Waals surface area contributed by atoms with Crippen LogP contribution in [0.1, 0.15) is 53.4 Å². The van der Waals surface area contributed by atoms with Crippen LogP contribution in [-0.2, 0) is 9.53 Å². The van der Waals surface area contributed by atoms with Gasteiger partial charge in [-0.15, -0.1) is 0 Å². The molecule has 0 spiro atoms. The van der Waals surface area contributed by atoms with Crippen molar-refractivity contribution in [2.75, 3.05) is 0 Å². The Morgan fingerprint density at radius 2 is 1.92 bits per heavy atom. The molecule has 0 aromatic carbocycles. The average Bonchev–Trinajstić information content (AvgIpc) is 2.48. The molecule has 2 saturated carbocycles. The van der Waals surface area contributed by atoms with E-state index in [-0.39, 0.29) is 22.7 Å². The Morgan fingerprint density at radius 3 is 2.62 bits per heavy atom. The molecule has 2 bridgehead atoms. The summed E-state index contributed by atoms with van der Waals surface area (Å²) in [6, 6.07) is 0. The van der Waals surface area contributed by atoms with E-state index in [9.17, 15) is 15.0 Å². The summed E-state index contributed by atoms with van der Waals surface area (Å²) in [6.07, 6.45) is 4.20. The number of hydrogen-bond acceptors (Lipinski definition) is 4. The largest absolute Gasteiger partial charge is 0.455 e. The zero-order chi connectivity index (χ0) is 17.4. The fourth-order valence-corrected chi connectivity index (χ4v) is 6.32. The number of esters is 1. The molecule has 3 aliphatic carbocycles. The van der Waals surface area contributed by atoms with E-state index in [0.29, 0.717) is 17.1 Å². The molecule has 0 aromatic rings. The van der Waals surface area contributed by atoms with Crippen LogP contribution in [0.2, 0.25) is 0 Å². The van der Waals surface area contributed by atoms with Gasteiger partial charge in [0.15, 0.2) is 0 Å². The van der Waals surface area contributed by atoms with Crippen molar-refractivity contribution in [3.63, 3.8) is 0 Å². The van der Waals surface area contributed by atoms with Crippen molar-refractivity contribution in [3.8, 4) is 0 Å². The van der Waals surface area contributed by atoms with Crippen LogP contribution in [0, 0.1) is 22.7 Å². The summed E-state index contributed by atoms with van der Waals surface area (Å²) < 4.78 is 5.68. The maximum atomic E-state index is 12.2. The summed E-state index contributed by atoms with van der Waals surface area (Å²) in [4.78, 5) is 12.2. The molecule has 0 saturated heterocycles. The highest BCUT2D eigenvalue weighted by Gasteiger charge is 2.61. The number of rotatable bonds is 0. The summed E-state index contributed by atoms with van der Waals surface area (Å²) in [5.74, 6) is -0.0139. The van der Waals surface area contributed by atoms with Gasteiger partial charge < -0.3 is 14.9 Å². The second-order valence-electron chi connectivity index (χ2n) is 9.12. The van der Waals surface area contributed by atoms with Crippen molar-refractivity contribution in [3.05, 3.63) is 22.8 Å². The molecular formula is C20H28O4. The molecule has 0 aromatic heterocycles. The third-order valence-electron chi connectivity index (χ3n) is 7.49. The molecule has 4 rings (SSSR count). The smallest absolute Gasteiger partial charge is 0.334 e. The molecular weight excluding hydrogens is 304 g/mol. The van der Waals surface area contributed by atoms with E-state index in [2.05, 4.69) is 26.8 Å². The fraction of sp³-hybridized carbons (Fsp3) is 0.750. The standard InChI is InChI=1S/C20H28O4/c1-10-13-15(21)11-6-7-12-19(2,3)8-5-9-20(12,4)14(11)17(16(13)22)24-18(10)23/h6,12,14-17,21-22H,5,7-9H2,1-4H3/t12-,14?,15+,16+,17-,20?/m1/s1. The predicted octanol–water partition coefficient (Wildman–Crippen LogP) is 2.74. The van der Waals surface area contributed by atoms with E-state index < -0.39 is 18.3 Å². The van der Waals surface area contributed by atoms with Crippen LogP contribution in [0.3, 0.4) is 0 Å². The lowest BCUT2D eigenvalue weighted by atomic mass is 9.45. The quantitative estimate of drug-likeness (QED) is 0.529. The molecule has 0 radical (unpaired) electrons. The number of aliphatic hydroxyl groups excluding tert-OH is 2. The van der Waals surface area contributed by atoms with Crippen LogP contribution in [0.15, 0.2) is 22.8 Å². The summed E-state index contributed by atoms with van der Waals surface area (Å²) in [5.41, 5.74) is 1.94. The van der Waals surface area contributed by atoms with E-state index in [4.69, 9.17) is 4.74 Å². The first-order valence-corrected chi connectivity index (χ1v) is 9.16. The minimum absolute atomic E-state index is 0.0600. The first kappa shape index (κ1) is 16.3. The van der Waals surface area contributed by atoms with Crippen molar-refractivity contribution >= 4 is 5.97 Å². The maximum Gasteiger partial charge on any atom is 0.334 e. The Labute approximate surface area is 143 Å².